The Hall–Kier alpha value is -2.63. The van der Waals surface area contributed by atoms with Gasteiger partial charge >= 0.3 is 0 Å². The molecule has 4 rings (SSSR count). The summed E-state index contributed by atoms with van der Waals surface area (Å²) in [5, 5.41) is 8.39. The van der Waals surface area contributed by atoms with Crippen LogP contribution in [0.1, 0.15) is 34.5 Å². The SMILES string of the molecule is Cc1ccc(OC2CNC2)cc1C(=O)N[C@H](C)c1cccc(-c2cccs2)c1. The fourth-order valence-electron chi connectivity index (χ4n) is 3.22. The van der Waals surface area contributed by atoms with Gasteiger partial charge in [-0.2, -0.15) is 0 Å². The molecule has 0 bridgehead atoms. The van der Waals surface area contributed by atoms with Crippen LogP contribution in [0.5, 0.6) is 5.75 Å². The van der Waals surface area contributed by atoms with Crippen molar-refractivity contribution in [3.8, 4) is 16.2 Å². The number of rotatable bonds is 6. The molecule has 1 fully saturated rings. The number of carbonyl (C=O) groups excluding carboxylic acids is 1. The molecule has 0 radical (unpaired) electrons. The van der Waals surface area contributed by atoms with Crippen LogP contribution >= 0.6 is 11.3 Å². The molecule has 0 unspecified atom stereocenters. The van der Waals surface area contributed by atoms with E-state index in [1.807, 2.05) is 38.1 Å². The fourth-order valence-corrected chi connectivity index (χ4v) is 3.94. The standard InChI is InChI=1S/C23H24N2O2S/c1-15-8-9-19(27-20-13-24-14-20)12-21(15)23(26)25-16(2)17-5-3-6-18(11-17)22-7-4-10-28-22/h3-12,16,20,24H,13-14H2,1-2H3,(H,25,26)/t16-/m1/s1. The normalized spacial score (nSPS) is 14.9. The van der Waals surface area contributed by atoms with Crippen molar-refractivity contribution in [2.75, 3.05) is 13.1 Å². The summed E-state index contributed by atoms with van der Waals surface area (Å²) in [5.74, 6) is 0.665. The van der Waals surface area contributed by atoms with E-state index in [0.29, 0.717) is 5.56 Å². The fraction of sp³-hybridized carbons (Fsp3) is 0.261. The molecule has 4 nitrogen and oxygen atoms in total. The molecule has 5 heteroatoms. The lowest BCUT2D eigenvalue weighted by Gasteiger charge is -2.28. The van der Waals surface area contributed by atoms with Gasteiger partial charge < -0.3 is 15.4 Å². The summed E-state index contributed by atoms with van der Waals surface area (Å²) in [6, 6.07) is 18.1. The first-order valence-electron chi connectivity index (χ1n) is 9.53. The van der Waals surface area contributed by atoms with E-state index in [4.69, 9.17) is 4.74 Å². The molecule has 1 atom stereocenters. The summed E-state index contributed by atoms with van der Waals surface area (Å²) in [7, 11) is 0. The molecule has 1 saturated heterocycles. The topological polar surface area (TPSA) is 50.4 Å². The summed E-state index contributed by atoms with van der Waals surface area (Å²) < 4.78 is 5.90. The summed E-state index contributed by atoms with van der Waals surface area (Å²) in [5.41, 5.74) is 3.86. The van der Waals surface area contributed by atoms with E-state index in [0.717, 1.165) is 30.0 Å². The van der Waals surface area contributed by atoms with E-state index in [1.54, 1.807) is 11.3 Å². The van der Waals surface area contributed by atoms with Crippen LogP contribution in [0.25, 0.3) is 10.4 Å². The minimum absolute atomic E-state index is 0.0799. The van der Waals surface area contributed by atoms with E-state index >= 15 is 0 Å². The number of benzene rings is 2. The Balaban J connectivity index is 1.48. The summed E-state index contributed by atoms with van der Waals surface area (Å²) in [6.07, 6.45) is 0.192. The zero-order chi connectivity index (χ0) is 19.5. The molecule has 0 saturated carbocycles. The molecule has 0 aliphatic carbocycles. The number of thiophene rings is 1. The summed E-state index contributed by atoms with van der Waals surface area (Å²) in [4.78, 5) is 14.1. The van der Waals surface area contributed by atoms with Crippen LogP contribution in [0.15, 0.2) is 60.0 Å². The van der Waals surface area contributed by atoms with Crippen molar-refractivity contribution in [3.05, 3.63) is 76.7 Å². The molecular formula is C23H24N2O2S. The Morgan fingerprint density at radius 2 is 2.04 bits per heavy atom. The number of aryl methyl sites for hydroxylation is 1. The lowest BCUT2D eigenvalue weighted by Crippen LogP contribution is -2.50. The molecule has 1 amide bonds. The van der Waals surface area contributed by atoms with Gasteiger partial charge in [-0.25, -0.2) is 0 Å². The number of carbonyl (C=O) groups is 1. The Kier molecular flexibility index (Phi) is 5.46. The molecule has 3 aromatic rings. The predicted molar refractivity (Wildman–Crippen MR) is 114 cm³/mol. The van der Waals surface area contributed by atoms with Gasteiger partial charge in [0.05, 0.1) is 6.04 Å². The number of amides is 1. The first-order chi connectivity index (χ1) is 13.6. The number of ether oxygens (including phenoxy) is 1. The number of nitrogens with one attached hydrogen (secondary N) is 2. The molecule has 2 aromatic carbocycles. The molecule has 1 aliphatic heterocycles. The maximum Gasteiger partial charge on any atom is 0.252 e. The average molecular weight is 393 g/mol. The monoisotopic (exact) mass is 392 g/mol. The lowest BCUT2D eigenvalue weighted by atomic mass is 10.0. The largest absolute Gasteiger partial charge is 0.488 e. The van der Waals surface area contributed by atoms with Crippen molar-refractivity contribution in [3.63, 3.8) is 0 Å². The third-order valence-electron chi connectivity index (χ3n) is 5.04. The molecule has 1 aromatic heterocycles. The molecule has 2 N–H and O–H groups in total. The maximum absolute atomic E-state index is 12.9. The first kappa shape index (κ1) is 18.7. The second-order valence-electron chi connectivity index (χ2n) is 7.17. The highest BCUT2D eigenvalue weighted by molar-refractivity contribution is 7.13. The first-order valence-corrected chi connectivity index (χ1v) is 10.4. The highest BCUT2D eigenvalue weighted by Crippen LogP contribution is 2.27. The quantitative estimate of drug-likeness (QED) is 0.646. The van der Waals surface area contributed by atoms with Crippen LogP contribution in [0.3, 0.4) is 0 Å². The third-order valence-corrected chi connectivity index (χ3v) is 5.96. The molecular weight excluding hydrogens is 368 g/mol. The van der Waals surface area contributed by atoms with Gasteiger partial charge in [0.15, 0.2) is 0 Å². The maximum atomic E-state index is 12.9. The van der Waals surface area contributed by atoms with Crippen molar-refractivity contribution >= 4 is 17.2 Å². The Morgan fingerprint density at radius 3 is 2.75 bits per heavy atom. The van der Waals surface area contributed by atoms with E-state index in [1.165, 1.54) is 10.4 Å². The number of hydrogen-bond donors (Lipinski definition) is 2. The summed E-state index contributed by atoms with van der Waals surface area (Å²) in [6.45, 7) is 5.67. The average Bonchev–Trinajstić information content (AvgIpc) is 3.20. The van der Waals surface area contributed by atoms with Crippen LogP contribution in [-0.4, -0.2) is 25.1 Å². The predicted octanol–water partition coefficient (Wildman–Crippen LogP) is 4.57. The van der Waals surface area contributed by atoms with Gasteiger partial charge in [-0.3, -0.25) is 4.79 Å². The zero-order valence-corrected chi connectivity index (χ0v) is 16.9. The zero-order valence-electron chi connectivity index (χ0n) is 16.1. The molecule has 2 heterocycles. The molecule has 144 valence electrons. The van der Waals surface area contributed by atoms with Gasteiger partial charge in [-0.15, -0.1) is 11.3 Å². The van der Waals surface area contributed by atoms with Gasteiger partial charge in [0, 0.05) is 23.5 Å². The van der Waals surface area contributed by atoms with Gasteiger partial charge in [-0.05, 0) is 60.2 Å². The Morgan fingerprint density at radius 1 is 1.18 bits per heavy atom. The Labute approximate surface area is 169 Å². The van der Waals surface area contributed by atoms with Crippen LogP contribution in [0, 0.1) is 6.92 Å². The van der Waals surface area contributed by atoms with Crippen LogP contribution in [-0.2, 0) is 0 Å². The number of hydrogen-bond acceptors (Lipinski definition) is 4. The van der Waals surface area contributed by atoms with Crippen molar-refractivity contribution in [1.29, 1.82) is 0 Å². The van der Waals surface area contributed by atoms with Gasteiger partial charge in [0.25, 0.3) is 5.91 Å². The van der Waals surface area contributed by atoms with Crippen LogP contribution in [0.4, 0.5) is 0 Å². The van der Waals surface area contributed by atoms with Gasteiger partial charge in [-0.1, -0.05) is 30.3 Å². The van der Waals surface area contributed by atoms with E-state index in [2.05, 4.69) is 46.3 Å². The Bertz CT molecular complexity index is 964. The molecule has 0 spiro atoms. The van der Waals surface area contributed by atoms with E-state index in [9.17, 15) is 4.79 Å². The minimum atomic E-state index is -0.0905. The lowest BCUT2D eigenvalue weighted by molar-refractivity contribution is 0.0937. The van der Waals surface area contributed by atoms with Crippen molar-refractivity contribution in [2.24, 2.45) is 0 Å². The van der Waals surface area contributed by atoms with Crippen molar-refractivity contribution in [1.82, 2.24) is 10.6 Å². The second-order valence-corrected chi connectivity index (χ2v) is 8.12. The van der Waals surface area contributed by atoms with Gasteiger partial charge in [0.1, 0.15) is 11.9 Å². The molecule has 1 aliphatic rings. The van der Waals surface area contributed by atoms with Crippen LogP contribution < -0.4 is 15.4 Å². The second kappa shape index (κ2) is 8.17. The van der Waals surface area contributed by atoms with E-state index < -0.39 is 0 Å². The minimum Gasteiger partial charge on any atom is -0.488 e. The highest BCUT2D eigenvalue weighted by Gasteiger charge is 2.20. The highest BCUT2D eigenvalue weighted by atomic mass is 32.1. The summed E-state index contributed by atoms with van der Waals surface area (Å²) >= 11 is 1.72. The van der Waals surface area contributed by atoms with E-state index in [-0.39, 0.29) is 18.1 Å². The van der Waals surface area contributed by atoms with Crippen molar-refractivity contribution < 1.29 is 9.53 Å². The van der Waals surface area contributed by atoms with Gasteiger partial charge in [0.2, 0.25) is 0 Å². The van der Waals surface area contributed by atoms with Crippen LogP contribution in [0.2, 0.25) is 0 Å². The smallest absolute Gasteiger partial charge is 0.252 e. The molecule has 28 heavy (non-hydrogen) atoms. The third kappa shape index (κ3) is 4.11. The van der Waals surface area contributed by atoms with Crippen molar-refractivity contribution in [2.45, 2.75) is 26.0 Å².